The molecule has 0 saturated heterocycles. The number of carbonyl (C=O) groups excluding carboxylic acids is 3. The van der Waals surface area contributed by atoms with Gasteiger partial charge in [0.15, 0.2) is 0 Å². The van der Waals surface area contributed by atoms with Gasteiger partial charge in [-0.25, -0.2) is 0 Å². The standard InChI is InChI=1S/C22H46N4O9P2/c1-6-23-15-11-20(27)9-7-13-24-16-12-22(29)25-14-8-10-21(28)17-26(18-36(30,32-2)33-3)19-37(31,34-4)35-5/h23-24H,6-19H2,1-5H3,(H,25,29). The Morgan fingerprint density at radius 3 is 1.73 bits per heavy atom. The summed E-state index contributed by atoms with van der Waals surface area (Å²) in [5.41, 5.74) is 0. The maximum Gasteiger partial charge on any atom is 0.344 e. The SMILES string of the molecule is CCNCCC(=O)CCCNCCC(=O)NCCCC(=O)CN(CP(=O)(OC)OC)CP(=O)(OC)OC. The van der Waals surface area contributed by atoms with Crippen LogP contribution in [0.25, 0.3) is 0 Å². The van der Waals surface area contributed by atoms with Crippen LogP contribution < -0.4 is 16.0 Å². The Morgan fingerprint density at radius 2 is 1.19 bits per heavy atom. The number of nitrogens with one attached hydrogen (secondary N) is 3. The summed E-state index contributed by atoms with van der Waals surface area (Å²) >= 11 is 0. The summed E-state index contributed by atoms with van der Waals surface area (Å²) in [4.78, 5) is 37.5. The van der Waals surface area contributed by atoms with E-state index in [9.17, 15) is 23.5 Å². The molecule has 0 atom stereocenters. The molecular formula is C22H46N4O9P2. The Balaban J connectivity index is 4.25. The second kappa shape index (κ2) is 20.9. The van der Waals surface area contributed by atoms with E-state index in [1.807, 2.05) is 6.92 Å². The van der Waals surface area contributed by atoms with Crippen molar-refractivity contribution in [3.05, 3.63) is 0 Å². The van der Waals surface area contributed by atoms with Crippen molar-refractivity contribution in [2.45, 2.75) is 45.4 Å². The number of hydrogen-bond donors (Lipinski definition) is 3. The summed E-state index contributed by atoms with van der Waals surface area (Å²) in [7, 11) is -2.13. The molecule has 15 heteroatoms. The van der Waals surface area contributed by atoms with Crippen LogP contribution in [0.2, 0.25) is 0 Å². The summed E-state index contributed by atoms with van der Waals surface area (Å²) in [5.74, 6) is -0.102. The smallest absolute Gasteiger partial charge is 0.344 e. The molecule has 0 fully saturated rings. The van der Waals surface area contributed by atoms with E-state index in [0.29, 0.717) is 51.9 Å². The summed E-state index contributed by atoms with van der Waals surface area (Å²) in [6.45, 7) is 4.90. The summed E-state index contributed by atoms with van der Waals surface area (Å²) in [5, 5.41) is 9.04. The molecule has 0 radical (unpaired) electrons. The number of amides is 1. The van der Waals surface area contributed by atoms with Crippen LogP contribution in [0.3, 0.4) is 0 Å². The van der Waals surface area contributed by atoms with Crippen LogP contribution in [-0.2, 0) is 41.6 Å². The van der Waals surface area contributed by atoms with Gasteiger partial charge in [0, 0.05) is 73.8 Å². The lowest BCUT2D eigenvalue weighted by Crippen LogP contribution is -2.33. The van der Waals surface area contributed by atoms with E-state index < -0.39 is 15.2 Å². The molecule has 218 valence electrons. The van der Waals surface area contributed by atoms with Gasteiger partial charge in [-0.15, -0.1) is 0 Å². The van der Waals surface area contributed by atoms with Crippen molar-refractivity contribution in [3.8, 4) is 0 Å². The van der Waals surface area contributed by atoms with E-state index in [1.165, 1.54) is 33.3 Å². The molecule has 3 N–H and O–H groups in total. The lowest BCUT2D eigenvalue weighted by molar-refractivity contribution is -0.122. The molecule has 0 saturated carbocycles. The molecule has 0 aromatic heterocycles. The highest BCUT2D eigenvalue weighted by molar-refractivity contribution is 7.54. The van der Waals surface area contributed by atoms with Crippen molar-refractivity contribution in [1.29, 1.82) is 0 Å². The van der Waals surface area contributed by atoms with E-state index in [2.05, 4.69) is 16.0 Å². The van der Waals surface area contributed by atoms with Crippen LogP contribution in [0.1, 0.15) is 45.4 Å². The molecule has 0 aromatic carbocycles. The quantitative estimate of drug-likeness (QED) is 0.108. The van der Waals surface area contributed by atoms with Gasteiger partial charge in [0.1, 0.15) is 24.1 Å². The average Bonchev–Trinajstić information content (AvgIpc) is 2.88. The van der Waals surface area contributed by atoms with Crippen LogP contribution >= 0.6 is 15.2 Å². The lowest BCUT2D eigenvalue weighted by Gasteiger charge is -2.27. The molecule has 13 nitrogen and oxygen atoms in total. The predicted octanol–water partition coefficient (Wildman–Crippen LogP) is 1.97. The van der Waals surface area contributed by atoms with Crippen LogP contribution in [-0.4, -0.2) is 103 Å². The first-order chi connectivity index (χ1) is 17.6. The third-order valence-electron chi connectivity index (χ3n) is 5.38. The van der Waals surface area contributed by atoms with Gasteiger partial charge in [-0.2, -0.15) is 0 Å². The van der Waals surface area contributed by atoms with E-state index >= 15 is 0 Å². The Labute approximate surface area is 221 Å². The van der Waals surface area contributed by atoms with Crippen molar-refractivity contribution in [2.24, 2.45) is 0 Å². The Bertz CT molecular complexity index is 726. The summed E-state index contributed by atoms with van der Waals surface area (Å²) in [6.07, 6.45) is 2.14. The van der Waals surface area contributed by atoms with Gasteiger partial charge >= 0.3 is 15.2 Å². The minimum absolute atomic E-state index is 0.134. The second-order valence-electron chi connectivity index (χ2n) is 8.30. The first-order valence-corrected chi connectivity index (χ1v) is 15.9. The van der Waals surface area contributed by atoms with Crippen LogP contribution in [0.4, 0.5) is 0 Å². The Hall–Kier alpha value is -1.01. The highest BCUT2D eigenvalue weighted by atomic mass is 31.2. The maximum absolute atomic E-state index is 12.5. The zero-order valence-electron chi connectivity index (χ0n) is 22.9. The highest BCUT2D eigenvalue weighted by Crippen LogP contribution is 2.51. The van der Waals surface area contributed by atoms with Gasteiger partial charge in [-0.3, -0.25) is 28.4 Å². The van der Waals surface area contributed by atoms with Crippen molar-refractivity contribution in [2.75, 3.05) is 80.3 Å². The van der Waals surface area contributed by atoms with Crippen LogP contribution in [0.5, 0.6) is 0 Å². The third kappa shape index (κ3) is 18.0. The molecule has 1 amide bonds. The molecule has 0 aliphatic heterocycles. The normalized spacial score (nSPS) is 12.2. The fourth-order valence-electron chi connectivity index (χ4n) is 3.21. The van der Waals surface area contributed by atoms with Crippen molar-refractivity contribution >= 4 is 32.7 Å². The average molecular weight is 573 g/mol. The zero-order chi connectivity index (χ0) is 28.2. The second-order valence-corrected chi connectivity index (χ2v) is 12.8. The van der Waals surface area contributed by atoms with Crippen molar-refractivity contribution in [1.82, 2.24) is 20.9 Å². The minimum Gasteiger partial charge on any atom is -0.356 e. The number of carbonyl (C=O) groups is 3. The van der Waals surface area contributed by atoms with Gasteiger partial charge in [0.05, 0.1) is 6.54 Å². The topological polar surface area (TPSA) is 162 Å². The first kappa shape index (κ1) is 36.0. The highest BCUT2D eigenvalue weighted by Gasteiger charge is 2.32. The first-order valence-electron chi connectivity index (χ1n) is 12.4. The Morgan fingerprint density at radius 1 is 0.676 bits per heavy atom. The van der Waals surface area contributed by atoms with E-state index in [0.717, 1.165) is 13.0 Å². The molecule has 37 heavy (non-hydrogen) atoms. The molecule has 0 spiro atoms. The van der Waals surface area contributed by atoms with Crippen LogP contribution in [0, 0.1) is 0 Å². The Kier molecular flexibility index (Phi) is 20.3. The maximum atomic E-state index is 12.5. The summed E-state index contributed by atoms with van der Waals surface area (Å²) in [6, 6.07) is 0. The molecule has 0 heterocycles. The fraction of sp³-hybridized carbons (Fsp3) is 0.864. The molecule has 0 aliphatic rings. The number of Topliss-reactive ketones (excluding diaryl/α,β-unsaturated/α-hetero) is 2. The lowest BCUT2D eigenvalue weighted by atomic mass is 10.1. The minimum atomic E-state index is -3.52. The van der Waals surface area contributed by atoms with Gasteiger partial charge < -0.3 is 34.0 Å². The van der Waals surface area contributed by atoms with Crippen LogP contribution in [0.15, 0.2) is 0 Å². The monoisotopic (exact) mass is 572 g/mol. The molecule has 0 bridgehead atoms. The molecule has 0 unspecified atom stereocenters. The molecule has 0 aromatic rings. The predicted molar refractivity (Wildman–Crippen MR) is 142 cm³/mol. The van der Waals surface area contributed by atoms with E-state index in [-0.39, 0.29) is 43.0 Å². The summed E-state index contributed by atoms with van der Waals surface area (Å²) < 4.78 is 44.8. The number of rotatable bonds is 25. The third-order valence-corrected chi connectivity index (χ3v) is 9.10. The molecule has 0 aliphatic carbocycles. The fourth-order valence-corrected chi connectivity index (χ4v) is 5.51. The van der Waals surface area contributed by atoms with Crippen molar-refractivity contribution in [3.63, 3.8) is 0 Å². The van der Waals surface area contributed by atoms with Gasteiger partial charge in [0.25, 0.3) is 0 Å². The number of ketones is 2. The van der Waals surface area contributed by atoms with Gasteiger partial charge in [0.2, 0.25) is 5.91 Å². The van der Waals surface area contributed by atoms with Crippen molar-refractivity contribution < 1.29 is 41.6 Å². The van der Waals surface area contributed by atoms with Gasteiger partial charge in [-0.05, 0) is 25.9 Å². The number of nitrogens with zero attached hydrogens (tertiary/aromatic N) is 1. The van der Waals surface area contributed by atoms with Gasteiger partial charge in [-0.1, -0.05) is 6.92 Å². The number of hydrogen-bond acceptors (Lipinski definition) is 12. The van der Waals surface area contributed by atoms with E-state index in [1.54, 1.807) is 0 Å². The largest absolute Gasteiger partial charge is 0.356 e. The molecule has 0 rings (SSSR count). The van der Waals surface area contributed by atoms with E-state index in [4.69, 9.17) is 18.1 Å². The molecular weight excluding hydrogens is 526 g/mol. The zero-order valence-corrected chi connectivity index (χ0v) is 24.7.